The molecule has 0 saturated heterocycles. The molecule has 33 heavy (non-hydrogen) atoms. The quantitative estimate of drug-likeness (QED) is 0.197. The van der Waals surface area contributed by atoms with Gasteiger partial charge in [-0.1, -0.05) is 43.6 Å². The molecule has 0 N–H and O–H groups in total. The number of hydrogen-bond donors (Lipinski definition) is 0. The van der Waals surface area contributed by atoms with Gasteiger partial charge in [-0.2, -0.15) is 9.78 Å². The summed E-state index contributed by atoms with van der Waals surface area (Å²) in [7, 11) is 0. The summed E-state index contributed by atoms with van der Waals surface area (Å²) in [5.74, 6) is 0.639. The summed E-state index contributed by atoms with van der Waals surface area (Å²) in [5, 5.41) is 16.5. The highest BCUT2D eigenvalue weighted by molar-refractivity contribution is 9.10. The standard InChI is InChI=1S/C23H24Br2N4O4/c1-6-13(2)33-20-17(25)9-14(10-19(20)29(31)32)12-26-28-21(30)16-11-15(24)7-8-18(16)27-22(28)23(3,4)5/h7-13H,6H2,1-5H3/t13-/m1/s1. The molecule has 0 radical (unpaired) electrons. The number of nitro groups is 1. The first-order valence-electron chi connectivity index (χ1n) is 10.3. The minimum absolute atomic E-state index is 0.163. The van der Waals surface area contributed by atoms with Crippen LogP contribution in [0.3, 0.4) is 0 Å². The monoisotopic (exact) mass is 578 g/mol. The topological polar surface area (TPSA) is 99.6 Å². The SMILES string of the molecule is CC[C@@H](C)Oc1c(Br)cc(C=Nn2c(C(C)(C)C)nc3ccc(Br)cc3c2=O)cc1[N+](=O)[O-]. The van der Waals surface area contributed by atoms with Gasteiger partial charge in [-0.05, 0) is 53.5 Å². The zero-order valence-corrected chi connectivity index (χ0v) is 22.1. The Kier molecular flexibility index (Phi) is 7.38. The molecule has 2 aromatic carbocycles. The number of hydrogen-bond acceptors (Lipinski definition) is 6. The Bertz CT molecular complexity index is 1310. The van der Waals surface area contributed by atoms with Crippen LogP contribution in [0.1, 0.15) is 52.4 Å². The van der Waals surface area contributed by atoms with Gasteiger partial charge in [0.25, 0.3) is 5.56 Å². The van der Waals surface area contributed by atoms with E-state index in [2.05, 4.69) is 41.9 Å². The Morgan fingerprint density at radius 3 is 2.58 bits per heavy atom. The molecule has 0 aliphatic carbocycles. The molecule has 3 aromatic rings. The summed E-state index contributed by atoms with van der Waals surface area (Å²) in [6.45, 7) is 9.60. The Labute approximate surface area is 208 Å². The molecule has 8 nitrogen and oxygen atoms in total. The van der Waals surface area contributed by atoms with Crippen molar-refractivity contribution >= 4 is 54.7 Å². The zero-order valence-electron chi connectivity index (χ0n) is 18.9. The lowest BCUT2D eigenvalue weighted by atomic mass is 9.95. The van der Waals surface area contributed by atoms with Crippen LogP contribution in [0.4, 0.5) is 5.69 Å². The fourth-order valence-electron chi connectivity index (χ4n) is 3.08. The van der Waals surface area contributed by atoms with Crippen molar-refractivity contribution in [1.29, 1.82) is 0 Å². The fraction of sp³-hybridized carbons (Fsp3) is 0.348. The second-order valence-corrected chi connectivity index (χ2v) is 10.4. The van der Waals surface area contributed by atoms with Crippen LogP contribution in [-0.4, -0.2) is 26.9 Å². The van der Waals surface area contributed by atoms with E-state index in [-0.39, 0.29) is 23.1 Å². The molecule has 0 spiro atoms. The molecule has 174 valence electrons. The smallest absolute Gasteiger partial charge is 0.312 e. The van der Waals surface area contributed by atoms with Gasteiger partial charge in [-0.15, -0.1) is 0 Å². The van der Waals surface area contributed by atoms with Crippen LogP contribution in [0.5, 0.6) is 5.75 Å². The van der Waals surface area contributed by atoms with Crippen molar-refractivity contribution < 1.29 is 9.66 Å². The Balaban J connectivity index is 2.17. The van der Waals surface area contributed by atoms with Crippen molar-refractivity contribution in [1.82, 2.24) is 9.66 Å². The summed E-state index contributed by atoms with van der Waals surface area (Å²) < 4.78 is 8.18. The van der Waals surface area contributed by atoms with E-state index in [0.717, 1.165) is 4.47 Å². The maximum absolute atomic E-state index is 13.3. The Hall–Kier alpha value is -2.59. The van der Waals surface area contributed by atoms with E-state index in [1.54, 1.807) is 18.2 Å². The summed E-state index contributed by atoms with van der Waals surface area (Å²) in [6, 6.07) is 8.35. The number of nitro benzene ring substituents is 1. The third-order valence-electron chi connectivity index (χ3n) is 4.94. The van der Waals surface area contributed by atoms with Crippen LogP contribution in [-0.2, 0) is 5.41 Å². The molecule has 1 aromatic heterocycles. The maximum atomic E-state index is 13.3. The van der Waals surface area contributed by atoms with Gasteiger partial charge in [0.2, 0.25) is 5.75 Å². The Morgan fingerprint density at radius 2 is 1.97 bits per heavy atom. The minimum Gasteiger partial charge on any atom is -0.483 e. The van der Waals surface area contributed by atoms with Crippen LogP contribution in [0.25, 0.3) is 10.9 Å². The Morgan fingerprint density at radius 1 is 1.27 bits per heavy atom. The maximum Gasteiger partial charge on any atom is 0.312 e. The molecule has 1 atom stereocenters. The molecule has 1 heterocycles. The van der Waals surface area contributed by atoms with Gasteiger partial charge in [0.15, 0.2) is 0 Å². The lowest BCUT2D eigenvalue weighted by Gasteiger charge is -2.21. The van der Waals surface area contributed by atoms with Crippen molar-refractivity contribution in [3.05, 3.63) is 71.1 Å². The average molecular weight is 580 g/mol. The van der Waals surface area contributed by atoms with Gasteiger partial charge in [-0.3, -0.25) is 14.9 Å². The second kappa shape index (κ2) is 9.72. The highest BCUT2D eigenvalue weighted by Gasteiger charge is 2.24. The number of halogens is 2. The number of rotatable bonds is 6. The van der Waals surface area contributed by atoms with E-state index in [9.17, 15) is 14.9 Å². The van der Waals surface area contributed by atoms with Gasteiger partial charge in [0, 0.05) is 21.5 Å². The van der Waals surface area contributed by atoms with E-state index in [1.807, 2.05) is 40.7 Å². The number of aromatic nitrogens is 2. The van der Waals surface area contributed by atoms with E-state index in [4.69, 9.17) is 4.74 Å². The molecule has 0 amide bonds. The van der Waals surface area contributed by atoms with Crippen molar-refractivity contribution in [2.45, 2.75) is 52.6 Å². The predicted molar refractivity (Wildman–Crippen MR) is 137 cm³/mol. The first kappa shape index (κ1) is 25.0. The number of fused-ring (bicyclic) bond motifs is 1. The molecule has 0 aliphatic rings. The summed E-state index contributed by atoms with van der Waals surface area (Å²) in [5.41, 5.74) is 0.0248. The average Bonchev–Trinajstić information content (AvgIpc) is 2.73. The lowest BCUT2D eigenvalue weighted by molar-refractivity contribution is -0.386. The van der Waals surface area contributed by atoms with Crippen molar-refractivity contribution in [2.24, 2.45) is 5.10 Å². The molecular weight excluding hydrogens is 556 g/mol. The van der Waals surface area contributed by atoms with E-state index in [0.29, 0.717) is 33.2 Å². The van der Waals surface area contributed by atoms with E-state index >= 15 is 0 Å². The summed E-state index contributed by atoms with van der Waals surface area (Å²) >= 11 is 6.76. The lowest BCUT2D eigenvalue weighted by Crippen LogP contribution is -2.29. The van der Waals surface area contributed by atoms with E-state index in [1.165, 1.54) is 17.0 Å². The minimum atomic E-state index is -0.498. The van der Waals surface area contributed by atoms with Crippen molar-refractivity contribution in [2.75, 3.05) is 0 Å². The van der Waals surface area contributed by atoms with Gasteiger partial charge < -0.3 is 4.74 Å². The third kappa shape index (κ3) is 5.50. The van der Waals surface area contributed by atoms with Gasteiger partial charge in [0.05, 0.1) is 32.6 Å². The van der Waals surface area contributed by atoms with Crippen molar-refractivity contribution in [3.8, 4) is 5.75 Å². The fourth-order valence-corrected chi connectivity index (χ4v) is 4.00. The molecule has 0 unspecified atom stereocenters. The first-order valence-corrected chi connectivity index (χ1v) is 11.9. The van der Waals surface area contributed by atoms with Crippen LogP contribution in [0, 0.1) is 10.1 Å². The highest BCUT2D eigenvalue weighted by atomic mass is 79.9. The summed E-state index contributed by atoms with van der Waals surface area (Å²) in [6.07, 6.45) is 1.93. The normalized spacial score (nSPS) is 12.9. The van der Waals surface area contributed by atoms with Crippen LogP contribution in [0.2, 0.25) is 0 Å². The molecule has 0 saturated carbocycles. The molecule has 0 fully saturated rings. The first-order chi connectivity index (χ1) is 15.4. The number of ether oxygens (including phenoxy) is 1. The highest BCUT2D eigenvalue weighted by Crippen LogP contribution is 2.37. The largest absolute Gasteiger partial charge is 0.483 e. The molecule has 0 bridgehead atoms. The molecule has 10 heteroatoms. The molecular formula is C23H24Br2N4O4. The molecule has 0 aliphatic heterocycles. The van der Waals surface area contributed by atoms with E-state index < -0.39 is 10.3 Å². The molecule has 3 rings (SSSR count). The predicted octanol–water partition coefficient (Wildman–Crippen LogP) is 6.19. The summed E-state index contributed by atoms with van der Waals surface area (Å²) in [4.78, 5) is 29.1. The van der Waals surface area contributed by atoms with Gasteiger partial charge in [0.1, 0.15) is 5.82 Å². The number of nitrogens with zero attached hydrogens (tertiary/aromatic N) is 4. The second-order valence-electron chi connectivity index (χ2n) is 8.65. The van der Waals surface area contributed by atoms with Gasteiger partial charge >= 0.3 is 5.69 Å². The number of benzene rings is 2. The van der Waals surface area contributed by atoms with Gasteiger partial charge in [-0.25, -0.2) is 4.98 Å². The van der Waals surface area contributed by atoms with Crippen LogP contribution < -0.4 is 10.3 Å². The zero-order chi connectivity index (χ0) is 24.5. The van der Waals surface area contributed by atoms with Crippen LogP contribution >= 0.6 is 31.9 Å². The third-order valence-corrected chi connectivity index (χ3v) is 6.02. The van der Waals surface area contributed by atoms with Crippen LogP contribution in [0.15, 0.2) is 49.2 Å². The van der Waals surface area contributed by atoms with Crippen molar-refractivity contribution in [3.63, 3.8) is 0 Å².